The fourth-order valence-corrected chi connectivity index (χ4v) is 1.04. The standard InChI is InChI=1S/C10H16N4O/c1-8(2)12-5-6-14-10(15)9-7-11-3-4-13-9/h3-4,7-8,12H,5-6H2,1-2H3,(H,14,15). The number of rotatable bonds is 5. The van der Waals surface area contributed by atoms with Gasteiger partial charge in [0.1, 0.15) is 5.69 Å². The normalized spacial score (nSPS) is 10.3. The molecule has 1 amide bonds. The first-order valence-corrected chi connectivity index (χ1v) is 4.97. The van der Waals surface area contributed by atoms with Crippen molar-refractivity contribution < 1.29 is 4.79 Å². The minimum Gasteiger partial charge on any atom is -0.349 e. The van der Waals surface area contributed by atoms with Crippen molar-refractivity contribution in [2.75, 3.05) is 13.1 Å². The number of nitrogens with one attached hydrogen (secondary N) is 2. The maximum atomic E-state index is 11.4. The SMILES string of the molecule is CC(C)NCCNC(=O)c1cnccn1. The summed E-state index contributed by atoms with van der Waals surface area (Å²) in [4.78, 5) is 19.2. The van der Waals surface area contributed by atoms with E-state index in [1.54, 1.807) is 0 Å². The van der Waals surface area contributed by atoms with Gasteiger partial charge in [0.2, 0.25) is 0 Å². The average Bonchev–Trinajstić information content (AvgIpc) is 2.25. The summed E-state index contributed by atoms with van der Waals surface area (Å²) >= 11 is 0. The van der Waals surface area contributed by atoms with Gasteiger partial charge in [0.15, 0.2) is 0 Å². The minimum absolute atomic E-state index is 0.186. The van der Waals surface area contributed by atoms with Crippen LogP contribution in [0.2, 0.25) is 0 Å². The van der Waals surface area contributed by atoms with Crippen LogP contribution in [0.3, 0.4) is 0 Å². The quantitative estimate of drug-likeness (QED) is 0.679. The molecule has 82 valence electrons. The summed E-state index contributed by atoms with van der Waals surface area (Å²) in [6.45, 7) is 5.46. The first-order valence-electron chi connectivity index (χ1n) is 4.97. The van der Waals surface area contributed by atoms with Gasteiger partial charge in [0.05, 0.1) is 6.20 Å². The highest BCUT2D eigenvalue weighted by molar-refractivity contribution is 5.91. The average molecular weight is 208 g/mol. The van der Waals surface area contributed by atoms with E-state index in [0.717, 1.165) is 6.54 Å². The van der Waals surface area contributed by atoms with Crippen LogP contribution in [0.25, 0.3) is 0 Å². The van der Waals surface area contributed by atoms with Crippen LogP contribution >= 0.6 is 0 Å². The maximum Gasteiger partial charge on any atom is 0.271 e. The predicted octanol–water partition coefficient (Wildman–Crippen LogP) is 0.204. The van der Waals surface area contributed by atoms with E-state index < -0.39 is 0 Å². The van der Waals surface area contributed by atoms with Crippen LogP contribution in [0.4, 0.5) is 0 Å². The fraction of sp³-hybridized carbons (Fsp3) is 0.500. The Bertz CT molecular complexity index is 300. The number of hydrogen-bond acceptors (Lipinski definition) is 4. The smallest absolute Gasteiger partial charge is 0.271 e. The van der Waals surface area contributed by atoms with Crippen LogP contribution in [0.1, 0.15) is 24.3 Å². The van der Waals surface area contributed by atoms with Crippen molar-refractivity contribution in [3.63, 3.8) is 0 Å². The highest BCUT2D eigenvalue weighted by atomic mass is 16.1. The van der Waals surface area contributed by atoms with Crippen molar-refractivity contribution in [2.45, 2.75) is 19.9 Å². The van der Waals surface area contributed by atoms with Crippen LogP contribution in [0.5, 0.6) is 0 Å². The second-order valence-electron chi connectivity index (χ2n) is 3.46. The molecule has 0 saturated heterocycles. The highest BCUT2D eigenvalue weighted by Crippen LogP contribution is 1.88. The lowest BCUT2D eigenvalue weighted by molar-refractivity contribution is 0.0948. The van der Waals surface area contributed by atoms with Crippen molar-refractivity contribution in [3.05, 3.63) is 24.3 Å². The molecule has 5 nitrogen and oxygen atoms in total. The van der Waals surface area contributed by atoms with Crippen molar-refractivity contribution in [1.82, 2.24) is 20.6 Å². The third-order valence-corrected chi connectivity index (χ3v) is 1.76. The molecule has 0 fully saturated rings. The molecule has 0 aliphatic carbocycles. The Kier molecular flexibility index (Phi) is 4.70. The van der Waals surface area contributed by atoms with Crippen LogP contribution in [-0.4, -0.2) is 35.0 Å². The molecule has 0 aromatic carbocycles. The molecule has 0 aliphatic rings. The molecule has 0 spiro atoms. The molecule has 1 heterocycles. The second kappa shape index (κ2) is 6.08. The summed E-state index contributed by atoms with van der Waals surface area (Å²) in [6, 6.07) is 0.429. The minimum atomic E-state index is -0.186. The molecule has 1 aromatic rings. The van der Waals surface area contributed by atoms with Gasteiger partial charge in [-0.05, 0) is 0 Å². The molecule has 0 bridgehead atoms. The molecule has 1 aromatic heterocycles. The van der Waals surface area contributed by atoms with E-state index in [4.69, 9.17) is 0 Å². The van der Waals surface area contributed by atoms with Crippen molar-refractivity contribution in [1.29, 1.82) is 0 Å². The number of hydrogen-bond donors (Lipinski definition) is 2. The van der Waals surface area contributed by atoms with Gasteiger partial charge in [-0.15, -0.1) is 0 Å². The number of aromatic nitrogens is 2. The molecule has 0 unspecified atom stereocenters. The Morgan fingerprint density at radius 3 is 2.80 bits per heavy atom. The van der Waals surface area contributed by atoms with Crippen LogP contribution in [0, 0.1) is 0 Å². The van der Waals surface area contributed by atoms with E-state index in [0.29, 0.717) is 18.3 Å². The van der Waals surface area contributed by atoms with Crippen LogP contribution < -0.4 is 10.6 Å². The van der Waals surface area contributed by atoms with Crippen LogP contribution in [0.15, 0.2) is 18.6 Å². The highest BCUT2D eigenvalue weighted by Gasteiger charge is 2.04. The fourth-order valence-electron chi connectivity index (χ4n) is 1.04. The monoisotopic (exact) mass is 208 g/mol. The first-order chi connectivity index (χ1) is 7.20. The third-order valence-electron chi connectivity index (χ3n) is 1.76. The Morgan fingerprint density at radius 1 is 1.40 bits per heavy atom. The molecule has 1 rings (SSSR count). The van der Waals surface area contributed by atoms with Gasteiger partial charge in [-0.1, -0.05) is 13.8 Å². The summed E-state index contributed by atoms with van der Waals surface area (Å²) in [5, 5.41) is 5.95. The summed E-state index contributed by atoms with van der Waals surface area (Å²) < 4.78 is 0. The van der Waals surface area contributed by atoms with E-state index in [9.17, 15) is 4.79 Å². The van der Waals surface area contributed by atoms with Crippen molar-refractivity contribution in [3.8, 4) is 0 Å². The Labute approximate surface area is 89.3 Å². The third kappa shape index (κ3) is 4.51. The number of nitrogens with zero attached hydrogens (tertiary/aromatic N) is 2. The van der Waals surface area contributed by atoms with Gasteiger partial charge in [0.25, 0.3) is 5.91 Å². The van der Waals surface area contributed by atoms with E-state index in [1.807, 2.05) is 0 Å². The van der Waals surface area contributed by atoms with Crippen molar-refractivity contribution >= 4 is 5.91 Å². The molecule has 0 aliphatic heterocycles. The van der Waals surface area contributed by atoms with Gasteiger partial charge < -0.3 is 10.6 Å². The maximum absolute atomic E-state index is 11.4. The second-order valence-corrected chi connectivity index (χ2v) is 3.46. The summed E-state index contributed by atoms with van der Waals surface area (Å²) in [6.07, 6.45) is 4.49. The van der Waals surface area contributed by atoms with E-state index in [1.165, 1.54) is 18.6 Å². The van der Waals surface area contributed by atoms with Gasteiger partial charge in [-0.3, -0.25) is 9.78 Å². The van der Waals surface area contributed by atoms with Crippen molar-refractivity contribution in [2.24, 2.45) is 0 Å². The topological polar surface area (TPSA) is 66.9 Å². The number of carbonyl (C=O) groups excluding carboxylic acids is 1. The lowest BCUT2D eigenvalue weighted by atomic mass is 10.4. The molecule has 0 saturated carbocycles. The molecule has 0 atom stereocenters. The zero-order valence-corrected chi connectivity index (χ0v) is 9.03. The molecule has 15 heavy (non-hydrogen) atoms. The van der Waals surface area contributed by atoms with E-state index in [2.05, 4.69) is 34.4 Å². The predicted molar refractivity (Wildman–Crippen MR) is 57.5 cm³/mol. The summed E-state index contributed by atoms with van der Waals surface area (Å²) in [5.74, 6) is -0.186. The Morgan fingerprint density at radius 2 is 2.20 bits per heavy atom. The van der Waals surface area contributed by atoms with E-state index >= 15 is 0 Å². The molecule has 0 radical (unpaired) electrons. The number of carbonyl (C=O) groups is 1. The zero-order valence-electron chi connectivity index (χ0n) is 9.03. The lowest BCUT2D eigenvalue weighted by Crippen LogP contribution is -2.34. The Balaban J connectivity index is 2.25. The first kappa shape index (κ1) is 11.6. The van der Waals surface area contributed by atoms with Gasteiger partial charge in [-0.25, -0.2) is 4.98 Å². The van der Waals surface area contributed by atoms with E-state index in [-0.39, 0.29) is 5.91 Å². The largest absolute Gasteiger partial charge is 0.349 e. The zero-order chi connectivity index (χ0) is 11.1. The summed E-state index contributed by atoms with van der Waals surface area (Å²) in [7, 11) is 0. The van der Waals surface area contributed by atoms with Gasteiger partial charge in [0, 0.05) is 31.5 Å². The Hall–Kier alpha value is -1.49. The summed E-state index contributed by atoms with van der Waals surface area (Å²) in [5.41, 5.74) is 0.349. The van der Waals surface area contributed by atoms with Gasteiger partial charge >= 0.3 is 0 Å². The molecular weight excluding hydrogens is 192 g/mol. The molecule has 5 heteroatoms. The molecule has 2 N–H and O–H groups in total. The number of amides is 1. The lowest BCUT2D eigenvalue weighted by Gasteiger charge is -2.08. The molecular formula is C10H16N4O. The van der Waals surface area contributed by atoms with Gasteiger partial charge in [-0.2, -0.15) is 0 Å². The van der Waals surface area contributed by atoms with Crippen LogP contribution in [-0.2, 0) is 0 Å².